The molecule has 0 heterocycles. The van der Waals surface area contributed by atoms with E-state index in [1.807, 2.05) is 24.3 Å². The largest absolute Gasteiger partial charge is 0.492 e. The fourth-order valence-corrected chi connectivity index (χ4v) is 5.34. The summed E-state index contributed by atoms with van der Waals surface area (Å²) < 4.78 is 11.1. The van der Waals surface area contributed by atoms with Crippen molar-refractivity contribution in [1.29, 1.82) is 0 Å². The minimum Gasteiger partial charge on any atom is -0.492 e. The standard InChI is InChI=1S/C32H39NO4/c1-5-6-23-8-11-25-12-13-26-19-22(2)7-16-28(26)31(29(25)20-23)33(3)17-18-37-27-14-9-24(10-15-27)21-30(36-4)32(34)35/h7-11,14-16,19-20,30-31H,5-6,12-13,17-18,21H2,1-4H3,(H,34,35). The van der Waals surface area contributed by atoms with Gasteiger partial charge in [-0.1, -0.05) is 67.4 Å². The third-order valence-corrected chi connectivity index (χ3v) is 7.36. The predicted molar refractivity (Wildman–Crippen MR) is 148 cm³/mol. The zero-order valence-electron chi connectivity index (χ0n) is 22.5. The van der Waals surface area contributed by atoms with E-state index in [1.54, 1.807) is 0 Å². The van der Waals surface area contributed by atoms with E-state index in [1.165, 1.54) is 40.5 Å². The van der Waals surface area contributed by atoms with Crippen molar-refractivity contribution in [2.24, 2.45) is 0 Å². The number of carboxylic acids is 1. The molecule has 3 aromatic rings. The fourth-order valence-electron chi connectivity index (χ4n) is 5.34. The molecule has 0 aromatic heterocycles. The molecular weight excluding hydrogens is 462 g/mol. The van der Waals surface area contributed by atoms with Crippen LogP contribution < -0.4 is 4.74 Å². The van der Waals surface area contributed by atoms with Gasteiger partial charge in [-0.15, -0.1) is 0 Å². The van der Waals surface area contributed by atoms with Crippen molar-refractivity contribution in [1.82, 2.24) is 4.90 Å². The number of carboxylic acid groups (broad SMARTS) is 1. The first kappa shape index (κ1) is 26.9. The lowest BCUT2D eigenvalue weighted by Crippen LogP contribution is -2.30. The lowest BCUT2D eigenvalue weighted by molar-refractivity contribution is -0.148. The molecule has 1 N–H and O–H groups in total. The van der Waals surface area contributed by atoms with Crippen LogP contribution in [0.15, 0.2) is 60.7 Å². The molecule has 1 aliphatic carbocycles. The minimum absolute atomic E-state index is 0.192. The van der Waals surface area contributed by atoms with E-state index >= 15 is 0 Å². The van der Waals surface area contributed by atoms with Gasteiger partial charge in [-0.25, -0.2) is 4.79 Å². The van der Waals surface area contributed by atoms with Gasteiger partial charge in [0.25, 0.3) is 0 Å². The lowest BCUT2D eigenvalue weighted by Gasteiger charge is -2.31. The summed E-state index contributed by atoms with van der Waals surface area (Å²) in [5.41, 5.74) is 9.33. The molecule has 0 bridgehead atoms. The van der Waals surface area contributed by atoms with Gasteiger partial charge in [0, 0.05) is 20.1 Å². The van der Waals surface area contributed by atoms with Gasteiger partial charge >= 0.3 is 5.97 Å². The Balaban J connectivity index is 1.48. The number of rotatable bonds is 11. The van der Waals surface area contributed by atoms with Crippen LogP contribution in [0.25, 0.3) is 0 Å². The van der Waals surface area contributed by atoms with Crippen LogP contribution >= 0.6 is 0 Å². The van der Waals surface area contributed by atoms with Crippen LogP contribution in [0.5, 0.6) is 5.75 Å². The summed E-state index contributed by atoms with van der Waals surface area (Å²) in [5.74, 6) is -0.173. The molecule has 37 heavy (non-hydrogen) atoms. The number of methoxy groups -OCH3 is 1. The van der Waals surface area contributed by atoms with Crippen molar-refractivity contribution in [2.75, 3.05) is 27.3 Å². The fraction of sp³-hybridized carbons (Fsp3) is 0.406. The van der Waals surface area contributed by atoms with E-state index < -0.39 is 12.1 Å². The van der Waals surface area contributed by atoms with Gasteiger partial charge in [-0.3, -0.25) is 4.90 Å². The first-order valence-electron chi connectivity index (χ1n) is 13.3. The highest BCUT2D eigenvalue weighted by Crippen LogP contribution is 2.37. The number of ether oxygens (including phenoxy) is 2. The first-order valence-corrected chi connectivity index (χ1v) is 13.3. The van der Waals surface area contributed by atoms with Gasteiger partial charge in [0.1, 0.15) is 12.4 Å². The molecule has 5 nitrogen and oxygen atoms in total. The van der Waals surface area contributed by atoms with Crippen LogP contribution in [0.2, 0.25) is 0 Å². The van der Waals surface area contributed by atoms with Crippen molar-refractivity contribution >= 4 is 5.97 Å². The number of aliphatic carboxylic acids is 1. The summed E-state index contributed by atoms with van der Waals surface area (Å²) >= 11 is 0. The molecule has 0 saturated carbocycles. The Morgan fingerprint density at radius 3 is 2.43 bits per heavy atom. The Hall–Kier alpha value is -3.15. The maximum Gasteiger partial charge on any atom is 0.333 e. The summed E-state index contributed by atoms with van der Waals surface area (Å²) in [7, 11) is 3.61. The molecule has 196 valence electrons. The molecule has 4 rings (SSSR count). The van der Waals surface area contributed by atoms with Crippen LogP contribution in [0, 0.1) is 6.92 Å². The number of fused-ring (bicyclic) bond motifs is 2. The second-order valence-corrected chi connectivity index (χ2v) is 10.1. The van der Waals surface area contributed by atoms with Gasteiger partial charge in [-0.2, -0.15) is 0 Å². The van der Waals surface area contributed by atoms with Crippen molar-refractivity contribution in [3.63, 3.8) is 0 Å². The normalized spacial score (nSPS) is 15.5. The van der Waals surface area contributed by atoms with Crippen LogP contribution in [0.3, 0.4) is 0 Å². The van der Waals surface area contributed by atoms with E-state index in [2.05, 4.69) is 62.2 Å². The number of likely N-dealkylation sites (N-methyl/N-ethyl adjacent to an activating group) is 1. The average molecular weight is 502 g/mol. The Kier molecular flexibility index (Phi) is 9.01. The summed E-state index contributed by atoms with van der Waals surface area (Å²) in [6.07, 6.45) is 3.86. The zero-order valence-corrected chi connectivity index (χ0v) is 22.5. The van der Waals surface area contributed by atoms with Gasteiger partial charge in [-0.05, 0) is 78.7 Å². The number of benzene rings is 3. The van der Waals surface area contributed by atoms with Crippen LogP contribution in [0.1, 0.15) is 58.3 Å². The molecule has 1 aliphatic rings. The first-order chi connectivity index (χ1) is 17.9. The van der Waals surface area contributed by atoms with Crippen molar-refractivity contribution in [3.05, 3.63) is 99.6 Å². The Bertz CT molecular complexity index is 1200. The van der Waals surface area contributed by atoms with Crippen molar-refractivity contribution < 1.29 is 19.4 Å². The summed E-state index contributed by atoms with van der Waals surface area (Å²) in [6, 6.07) is 21.8. The van der Waals surface area contributed by atoms with Crippen molar-refractivity contribution in [2.45, 2.75) is 58.1 Å². The number of carbonyl (C=O) groups is 1. The SMILES string of the molecule is CCCc1ccc2c(c1)C(N(C)CCOc1ccc(CC(OC)C(=O)O)cc1)c1ccc(C)cc1CC2. The van der Waals surface area contributed by atoms with Crippen LogP contribution in [0.4, 0.5) is 0 Å². The second kappa shape index (κ2) is 12.4. The molecule has 0 amide bonds. The maximum absolute atomic E-state index is 11.2. The summed E-state index contributed by atoms with van der Waals surface area (Å²) in [5, 5.41) is 9.21. The molecule has 0 fully saturated rings. The van der Waals surface area contributed by atoms with Crippen molar-refractivity contribution in [3.8, 4) is 5.75 Å². The number of hydrogen-bond donors (Lipinski definition) is 1. The molecule has 0 spiro atoms. The highest BCUT2D eigenvalue weighted by atomic mass is 16.5. The van der Waals surface area contributed by atoms with Gasteiger partial charge < -0.3 is 14.6 Å². The van der Waals surface area contributed by atoms with Crippen LogP contribution in [-0.4, -0.2) is 49.4 Å². The molecular formula is C32H39NO4. The molecule has 0 aliphatic heterocycles. The Morgan fingerprint density at radius 1 is 1.00 bits per heavy atom. The van der Waals surface area contributed by atoms with E-state index in [0.29, 0.717) is 13.0 Å². The van der Waals surface area contributed by atoms with E-state index in [-0.39, 0.29) is 6.04 Å². The third-order valence-electron chi connectivity index (χ3n) is 7.36. The highest BCUT2D eigenvalue weighted by molar-refractivity contribution is 5.72. The highest BCUT2D eigenvalue weighted by Gasteiger charge is 2.27. The monoisotopic (exact) mass is 501 g/mol. The molecule has 3 aromatic carbocycles. The molecule has 0 radical (unpaired) electrons. The van der Waals surface area contributed by atoms with E-state index in [4.69, 9.17) is 9.47 Å². The number of nitrogens with zero attached hydrogens (tertiary/aromatic N) is 1. The molecule has 2 unspecified atom stereocenters. The summed E-state index contributed by atoms with van der Waals surface area (Å²) in [4.78, 5) is 13.6. The smallest absolute Gasteiger partial charge is 0.333 e. The number of aryl methyl sites for hydroxylation is 4. The van der Waals surface area contributed by atoms with E-state index in [9.17, 15) is 9.90 Å². The molecule has 2 atom stereocenters. The maximum atomic E-state index is 11.2. The minimum atomic E-state index is -0.954. The summed E-state index contributed by atoms with van der Waals surface area (Å²) in [6.45, 7) is 5.75. The molecule has 5 heteroatoms. The zero-order chi connectivity index (χ0) is 26.4. The second-order valence-electron chi connectivity index (χ2n) is 10.1. The van der Waals surface area contributed by atoms with Crippen LogP contribution in [-0.2, 0) is 35.2 Å². The quantitative estimate of drug-likeness (QED) is 0.360. The Labute approximate surface area is 221 Å². The van der Waals surface area contributed by atoms with E-state index in [0.717, 1.165) is 43.5 Å². The van der Waals surface area contributed by atoms with Gasteiger partial charge in [0.15, 0.2) is 6.10 Å². The lowest BCUT2D eigenvalue weighted by atomic mass is 9.91. The topological polar surface area (TPSA) is 59.0 Å². The molecule has 0 saturated heterocycles. The average Bonchev–Trinajstić information content (AvgIpc) is 3.04. The Morgan fingerprint density at radius 2 is 1.73 bits per heavy atom. The number of hydrogen-bond acceptors (Lipinski definition) is 4. The predicted octanol–water partition coefficient (Wildman–Crippen LogP) is 5.79. The van der Waals surface area contributed by atoms with Gasteiger partial charge in [0.2, 0.25) is 0 Å². The van der Waals surface area contributed by atoms with Gasteiger partial charge in [0.05, 0.1) is 6.04 Å². The third kappa shape index (κ3) is 6.60.